The second-order valence-corrected chi connectivity index (χ2v) is 7.68. The van der Waals surface area contributed by atoms with Gasteiger partial charge >= 0.3 is 0 Å². The van der Waals surface area contributed by atoms with Crippen molar-refractivity contribution in [3.05, 3.63) is 81.1 Å². The normalized spacial score (nSPS) is 10.8. The average molecular weight is 405 g/mol. The Hall–Kier alpha value is -3.52. The molecule has 0 fully saturated rings. The number of carbonyl (C=O) groups excluding carboxylic acids is 1. The molecule has 1 amide bonds. The highest BCUT2D eigenvalue weighted by Crippen LogP contribution is 2.27. The lowest BCUT2D eigenvalue weighted by Gasteiger charge is -2.08. The van der Waals surface area contributed by atoms with Gasteiger partial charge in [0, 0.05) is 17.8 Å². The van der Waals surface area contributed by atoms with E-state index in [4.69, 9.17) is 0 Å². The first-order valence-electron chi connectivity index (χ1n) is 9.05. The lowest BCUT2D eigenvalue weighted by atomic mass is 10.1. The third kappa shape index (κ3) is 4.33. The van der Waals surface area contributed by atoms with Crippen LogP contribution in [0.1, 0.15) is 16.8 Å². The van der Waals surface area contributed by atoms with Crippen molar-refractivity contribution in [3.63, 3.8) is 0 Å². The average Bonchev–Trinajstić information content (AvgIpc) is 3.30. The molecule has 146 valence electrons. The molecular weight excluding hydrogens is 386 g/mol. The number of thiophene rings is 1. The molecule has 7 nitrogen and oxygen atoms in total. The summed E-state index contributed by atoms with van der Waals surface area (Å²) < 4.78 is 1.46. The molecule has 8 heteroatoms. The van der Waals surface area contributed by atoms with Gasteiger partial charge in [-0.2, -0.15) is 9.78 Å². The van der Waals surface area contributed by atoms with E-state index in [-0.39, 0.29) is 23.8 Å². The van der Waals surface area contributed by atoms with Crippen LogP contribution in [0, 0.1) is 13.8 Å². The topological polar surface area (TPSA) is 92.7 Å². The lowest BCUT2D eigenvalue weighted by molar-refractivity contribution is -0.115. The Kier molecular flexibility index (Phi) is 5.09. The van der Waals surface area contributed by atoms with Gasteiger partial charge in [-0.25, -0.2) is 4.98 Å². The van der Waals surface area contributed by atoms with Gasteiger partial charge in [-0.15, -0.1) is 11.3 Å². The third-order valence-corrected chi connectivity index (χ3v) is 5.15. The van der Waals surface area contributed by atoms with E-state index in [1.54, 1.807) is 24.3 Å². The van der Waals surface area contributed by atoms with Gasteiger partial charge in [0.1, 0.15) is 11.5 Å². The number of amides is 1. The summed E-state index contributed by atoms with van der Waals surface area (Å²) >= 11 is 1.54. The molecule has 0 aliphatic heterocycles. The van der Waals surface area contributed by atoms with Crippen LogP contribution in [0.2, 0.25) is 0 Å². The molecule has 29 heavy (non-hydrogen) atoms. The first kappa shape index (κ1) is 18.8. The molecule has 0 aliphatic rings. The van der Waals surface area contributed by atoms with E-state index in [1.165, 1.54) is 10.7 Å². The number of H-pyrrole nitrogens is 1. The zero-order chi connectivity index (χ0) is 20.4. The predicted octanol–water partition coefficient (Wildman–Crippen LogP) is 3.48. The fraction of sp³-hybridized carbons (Fsp3) is 0.143. The summed E-state index contributed by atoms with van der Waals surface area (Å²) in [5.41, 5.74) is 3.00. The van der Waals surface area contributed by atoms with E-state index >= 15 is 0 Å². The van der Waals surface area contributed by atoms with Crippen molar-refractivity contribution < 1.29 is 4.79 Å². The third-order valence-electron chi connectivity index (χ3n) is 4.26. The summed E-state index contributed by atoms with van der Waals surface area (Å²) in [6, 6.07) is 14.9. The number of rotatable bonds is 5. The van der Waals surface area contributed by atoms with E-state index in [0.717, 1.165) is 16.0 Å². The van der Waals surface area contributed by atoms with Crippen LogP contribution in [-0.2, 0) is 11.2 Å². The largest absolute Gasteiger partial charge is 0.310 e. The van der Waals surface area contributed by atoms with Crippen LogP contribution in [0.15, 0.2) is 58.7 Å². The van der Waals surface area contributed by atoms with Crippen molar-refractivity contribution in [3.8, 4) is 16.5 Å². The van der Waals surface area contributed by atoms with E-state index < -0.39 is 0 Å². The molecular formula is C21H19N5O2S. The summed E-state index contributed by atoms with van der Waals surface area (Å²) in [6.45, 7) is 3.72. The van der Waals surface area contributed by atoms with E-state index in [9.17, 15) is 9.59 Å². The minimum Gasteiger partial charge on any atom is -0.310 e. The second-order valence-electron chi connectivity index (χ2n) is 6.73. The number of nitrogens with zero attached hydrogens (tertiary/aromatic N) is 3. The summed E-state index contributed by atoms with van der Waals surface area (Å²) in [5, 5.41) is 9.42. The molecule has 1 aromatic carbocycles. The Morgan fingerprint density at radius 2 is 2.03 bits per heavy atom. The van der Waals surface area contributed by atoms with Crippen LogP contribution < -0.4 is 10.9 Å². The predicted molar refractivity (Wildman–Crippen MR) is 114 cm³/mol. The Morgan fingerprint density at radius 3 is 2.76 bits per heavy atom. The highest BCUT2D eigenvalue weighted by atomic mass is 32.1. The van der Waals surface area contributed by atoms with Crippen LogP contribution in [0.25, 0.3) is 16.5 Å². The highest BCUT2D eigenvalue weighted by molar-refractivity contribution is 7.13. The molecule has 3 aromatic heterocycles. The fourth-order valence-electron chi connectivity index (χ4n) is 3.03. The molecule has 0 aliphatic carbocycles. The zero-order valence-corrected chi connectivity index (χ0v) is 16.8. The number of aryl methyl sites for hydroxylation is 2. The summed E-state index contributed by atoms with van der Waals surface area (Å²) in [5.74, 6) is 0.521. The number of benzene rings is 1. The number of hydrogen-bond acceptors (Lipinski definition) is 5. The van der Waals surface area contributed by atoms with Crippen molar-refractivity contribution in [2.45, 2.75) is 20.3 Å². The number of carbonyl (C=O) groups is 1. The molecule has 2 N–H and O–H groups in total. The van der Waals surface area contributed by atoms with Gasteiger partial charge in [-0.05, 0) is 30.9 Å². The van der Waals surface area contributed by atoms with Gasteiger partial charge in [0.25, 0.3) is 5.56 Å². The quantitative estimate of drug-likeness (QED) is 0.532. The van der Waals surface area contributed by atoms with Crippen LogP contribution in [0.3, 0.4) is 0 Å². The minimum atomic E-state index is -0.280. The first-order chi connectivity index (χ1) is 14.0. The molecule has 0 spiro atoms. The number of aromatic amines is 1. The maximum absolute atomic E-state index is 12.7. The smallest absolute Gasteiger partial charge is 0.252 e. The van der Waals surface area contributed by atoms with E-state index in [0.29, 0.717) is 17.2 Å². The van der Waals surface area contributed by atoms with Crippen LogP contribution in [0.4, 0.5) is 5.82 Å². The van der Waals surface area contributed by atoms with Crippen molar-refractivity contribution in [1.29, 1.82) is 0 Å². The number of anilines is 1. The number of aromatic nitrogens is 4. The van der Waals surface area contributed by atoms with E-state index in [2.05, 4.69) is 20.4 Å². The van der Waals surface area contributed by atoms with Gasteiger partial charge in [-0.3, -0.25) is 14.6 Å². The fourth-order valence-corrected chi connectivity index (χ4v) is 3.72. The minimum absolute atomic E-state index is 0.176. The summed E-state index contributed by atoms with van der Waals surface area (Å²) in [6.07, 6.45) is 0.235. The van der Waals surface area contributed by atoms with Crippen LogP contribution in [0.5, 0.6) is 0 Å². The highest BCUT2D eigenvalue weighted by Gasteiger charge is 2.16. The van der Waals surface area contributed by atoms with Crippen molar-refractivity contribution in [2.75, 3.05) is 5.32 Å². The molecule has 3 heterocycles. The van der Waals surface area contributed by atoms with Crippen molar-refractivity contribution >= 4 is 23.1 Å². The Bertz CT molecular complexity index is 1220. The Morgan fingerprint density at radius 1 is 1.17 bits per heavy atom. The standard InChI is InChI=1S/C21H19N5O2S/c1-13-5-3-6-15(9-13)11-20(28)23-18-12-16(17-7-4-8-29-17)25-26(18)21-22-14(2)10-19(27)24-21/h3-10,12H,11H2,1-2H3,(H,23,28)(H,22,24,27). The summed E-state index contributed by atoms with van der Waals surface area (Å²) in [4.78, 5) is 32.6. The zero-order valence-electron chi connectivity index (χ0n) is 16.0. The maximum atomic E-state index is 12.7. The monoisotopic (exact) mass is 405 g/mol. The van der Waals surface area contributed by atoms with Crippen molar-refractivity contribution in [2.24, 2.45) is 0 Å². The molecule has 0 atom stereocenters. The van der Waals surface area contributed by atoms with Gasteiger partial charge in [0.05, 0.1) is 11.3 Å². The first-order valence-corrected chi connectivity index (χ1v) is 9.93. The number of hydrogen-bond donors (Lipinski definition) is 2. The van der Waals surface area contributed by atoms with Gasteiger partial charge in [0.2, 0.25) is 11.9 Å². The Labute approximate surface area is 171 Å². The van der Waals surface area contributed by atoms with Crippen LogP contribution >= 0.6 is 11.3 Å². The van der Waals surface area contributed by atoms with Gasteiger partial charge in [0.15, 0.2) is 0 Å². The molecule has 0 unspecified atom stereocenters. The van der Waals surface area contributed by atoms with E-state index in [1.807, 2.05) is 48.7 Å². The van der Waals surface area contributed by atoms with Gasteiger partial charge < -0.3 is 5.32 Å². The second kappa shape index (κ2) is 7.84. The lowest BCUT2D eigenvalue weighted by Crippen LogP contribution is -2.20. The molecule has 0 bridgehead atoms. The molecule has 0 radical (unpaired) electrons. The SMILES string of the molecule is Cc1cccc(CC(=O)Nc2cc(-c3cccs3)nn2-c2nc(C)cc(=O)[nH]2)c1. The summed E-state index contributed by atoms with van der Waals surface area (Å²) in [7, 11) is 0. The molecule has 4 rings (SSSR count). The molecule has 0 saturated carbocycles. The van der Waals surface area contributed by atoms with Crippen molar-refractivity contribution in [1.82, 2.24) is 19.7 Å². The molecule has 4 aromatic rings. The number of nitrogens with one attached hydrogen (secondary N) is 2. The Balaban J connectivity index is 1.69. The van der Waals surface area contributed by atoms with Gasteiger partial charge in [-0.1, -0.05) is 35.9 Å². The molecule has 0 saturated heterocycles. The maximum Gasteiger partial charge on any atom is 0.252 e. The van der Waals surface area contributed by atoms with Crippen LogP contribution in [-0.4, -0.2) is 25.7 Å².